The first-order valence-electron chi connectivity index (χ1n) is 2.97. The van der Waals surface area contributed by atoms with Gasteiger partial charge in [-0.3, -0.25) is 23.5 Å². The highest BCUT2D eigenvalue weighted by atomic mass is 32.1. The van der Waals surface area contributed by atoms with Crippen molar-refractivity contribution in [1.29, 1.82) is 0 Å². The molecule has 0 saturated carbocycles. The summed E-state index contributed by atoms with van der Waals surface area (Å²) in [6, 6.07) is 6.12. The van der Waals surface area contributed by atoms with Crippen molar-refractivity contribution < 1.29 is 23.5 Å². The minimum absolute atomic E-state index is 0. The highest BCUT2D eigenvalue weighted by Crippen LogP contribution is 2.15. The summed E-state index contributed by atoms with van der Waals surface area (Å²) in [4.78, 5) is 1.08. The average molecular weight is 238 g/mol. The van der Waals surface area contributed by atoms with E-state index in [2.05, 4.69) is 32.5 Å². The molecule has 0 saturated heterocycles. The first-order chi connectivity index (χ1) is 4.22. The molecule has 0 aliphatic carbocycles. The van der Waals surface area contributed by atoms with Crippen LogP contribution in [-0.4, -0.2) is 0 Å². The predicted molar refractivity (Wildman–Crippen MR) is 55.7 cm³/mol. The summed E-state index contributed by atoms with van der Waals surface area (Å²) in [6.45, 7) is 4.17. The van der Waals surface area contributed by atoms with Crippen LogP contribution in [0, 0.1) is 13.8 Å². The van der Waals surface area contributed by atoms with Gasteiger partial charge in [0.05, 0.1) is 0 Å². The fraction of sp³-hybridized carbons (Fsp3) is 0.250. The van der Waals surface area contributed by atoms with E-state index >= 15 is 0 Å². The maximum absolute atomic E-state index is 4.27. The van der Waals surface area contributed by atoms with Crippen LogP contribution in [0.1, 0.15) is 11.1 Å². The predicted octanol–water partition coefficient (Wildman–Crippen LogP) is 3.35. The van der Waals surface area contributed by atoms with Gasteiger partial charge in [0.25, 0.3) is 0 Å². The van der Waals surface area contributed by atoms with Crippen LogP contribution in [-0.2, 0) is 0 Å². The molecule has 88 valence electrons. The molecule has 0 atom stereocenters. The zero-order valence-electron chi connectivity index (χ0n) is 7.72. The summed E-state index contributed by atoms with van der Waals surface area (Å²) in [5, 5.41) is 0. The van der Waals surface area contributed by atoms with E-state index in [0.717, 1.165) is 4.90 Å². The molecule has 0 aliphatic heterocycles. The molecule has 0 fully saturated rings. The Morgan fingerprint density at radius 1 is 0.857 bits per heavy atom. The fourth-order valence-electron chi connectivity index (χ4n) is 0.736. The Kier molecular flexibility index (Phi) is 25.5. The molecular formula is C8H15F5S. The third-order valence-corrected chi connectivity index (χ3v) is 2.06. The molecule has 0 radical (unpaired) electrons. The zero-order valence-corrected chi connectivity index (χ0v) is 8.61. The molecule has 0 heterocycles. The van der Waals surface area contributed by atoms with Gasteiger partial charge in [0.15, 0.2) is 0 Å². The molecule has 0 N–H and O–H groups in total. The minimum Gasteiger partial charge on any atom is -0.269 e. The van der Waals surface area contributed by atoms with Crippen LogP contribution in [0.3, 0.4) is 0 Å². The monoisotopic (exact) mass is 238 g/mol. The molecule has 0 aliphatic rings. The van der Waals surface area contributed by atoms with E-state index in [9.17, 15) is 0 Å². The van der Waals surface area contributed by atoms with Crippen molar-refractivity contribution in [2.75, 3.05) is 0 Å². The van der Waals surface area contributed by atoms with Crippen LogP contribution >= 0.6 is 12.6 Å². The van der Waals surface area contributed by atoms with Gasteiger partial charge in [-0.25, -0.2) is 0 Å². The van der Waals surface area contributed by atoms with E-state index in [1.807, 2.05) is 12.1 Å². The number of hydrogen-bond acceptors (Lipinski definition) is 1. The fourth-order valence-corrected chi connectivity index (χ4v) is 0.998. The van der Waals surface area contributed by atoms with Crippen LogP contribution < -0.4 is 0 Å². The second-order valence-electron chi connectivity index (χ2n) is 2.22. The van der Waals surface area contributed by atoms with Gasteiger partial charge in [-0.05, 0) is 31.0 Å². The lowest BCUT2D eigenvalue weighted by atomic mass is 10.1. The Morgan fingerprint density at radius 2 is 1.29 bits per heavy atom. The largest absolute Gasteiger partial charge is 0.269 e. The first-order valence-corrected chi connectivity index (χ1v) is 3.41. The van der Waals surface area contributed by atoms with Gasteiger partial charge >= 0.3 is 0 Å². The quantitative estimate of drug-likeness (QED) is 0.520. The maximum atomic E-state index is 4.27. The molecule has 6 heteroatoms. The third kappa shape index (κ3) is 6.71. The van der Waals surface area contributed by atoms with Gasteiger partial charge in [0.1, 0.15) is 0 Å². The number of benzene rings is 1. The van der Waals surface area contributed by atoms with Gasteiger partial charge in [-0.1, -0.05) is 12.1 Å². The maximum Gasteiger partial charge on any atom is 0.00718 e. The van der Waals surface area contributed by atoms with Crippen LogP contribution in [0.2, 0.25) is 0 Å². The number of thiol groups is 1. The molecule has 0 bridgehead atoms. The van der Waals surface area contributed by atoms with E-state index in [0.29, 0.717) is 0 Å². The third-order valence-electron chi connectivity index (χ3n) is 1.58. The Balaban J connectivity index is -0.0000000540. The van der Waals surface area contributed by atoms with Gasteiger partial charge in [0.2, 0.25) is 0 Å². The second-order valence-corrected chi connectivity index (χ2v) is 2.70. The second kappa shape index (κ2) is 12.2. The summed E-state index contributed by atoms with van der Waals surface area (Å²) in [5.74, 6) is 0. The Morgan fingerprint density at radius 3 is 1.57 bits per heavy atom. The Bertz CT molecular complexity index is 209. The van der Waals surface area contributed by atoms with Crippen molar-refractivity contribution in [3.8, 4) is 0 Å². The molecule has 0 aromatic heterocycles. The van der Waals surface area contributed by atoms with Crippen molar-refractivity contribution in [2.24, 2.45) is 0 Å². The lowest BCUT2D eigenvalue weighted by molar-refractivity contribution is 1.11. The van der Waals surface area contributed by atoms with E-state index < -0.39 is 0 Å². The Labute approximate surface area is 85.0 Å². The van der Waals surface area contributed by atoms with Crippen molar-refractivity contribution in [3.63, 3.8) is 0 Å². The highest BCUT2D eigenvalue weighted by molar-refractivity contribution is 7.80. The lowest BCUT2D eigenvalue weighted by Crippen LogP contribution is -1.79. The van der Waals surface area contributed by atoms with Crippen molar-refractivity contribution in [2.45, 2.75) is 18.7 Å². The number of rotatable bonds is 0. The summed E-state index contributed by atoms with van der Waals surface area (Å²) in [6.07, 6.45) is 0. The molecule has 14 heavy (non-hydrogen) atoms. The summed E-state index contributed by atoms with van der Waals surface area (Å²) >= 11 is 4.27. The standard InChI is InChI=1S/C8H10S.5FH/c1-6-4-3-5-8(9)7(6)2;;;;;/h3-5,9H,1-2H3;5*1H. The number of halogens is 5. The van der Waals surface area contributed by atoms with Gasteiger partial charge in [-0.15, -0.1) is 12.6 Å². The van der Waals surface area contributed by atoms with Crippen LogP contribution in [0.5, 0.6) is 0 Å². The van der Waals surface area contributed by atoms with E-state index in [1.165, 1.54) is 11.1 Å². The molecule has 0 nitrogen and oxygen atoms in total. The highest BCUT2D eigenvalue weighted by Gasteiger charge is 1.92. The topological polar surface area (TPSA) is 0 Å². The van der Waals surface area contributed by atoms with Gasteiger partial charge < -0.3 is 0 Å². The van der Waals surface area contributed by atoms with E-state index in [1.54, 1.807) is 0 Å². The van der Waals surface area contributed by atoms with Crippen LogP contribution in [0.25, 0.3) is 0 Å². The summed E-state index contributed by atoms with van der Waals surface area (Å²) < 4.78 is 0. The molecule has 0 unspecified atom stereocenters. The van der Waals surface area contributed by atoms with Crippen molar-refractivity contribution in [3.05, 3.63) is 29.3 Å². The normalized spacial score (nSPS) is 6.21. The number of aryl methyl sites for hydroxylation is 1. The lowest BCUT2D eigenvalue weighted by Gasteiger charge is -2.00. The summed E-state index contributed by atoms with van der Waals surface area (Å²) in [7, 11) is 0. The number of hydrogen-bond donors (Lipinski definition) is 1. The molecule has 1 aromatic rings. The van der Waals surface area contributed by atoms with Gasteiger partial charge in [-0.2, -0.15) is 0 Å². The van der Waals surface area contributed by atoms with E-state index in [4.69, 9.17) is 0 Å². The minimum atomic E-state index is 0. The Hall–Kier alpha value is -0.780. The molecular weight excluding hydrogens is 223 g/mol. The van der Waals surface area contributed by atoms with Crippen molar-refractivity contribution in [1.82, 2.24) is 0 Å². The average Bonchev–Trinajstić information content (AvgIpc) is 1.83. The van der Waals surface area contributed by atoms with E-state index in [-0.39, 0.29) is 23.5 Å². The van der Waals surface area contributed by atoms with Gasteiger partial charge in [0, 0.05) is 4.90 Å². The first kappa shape index (κ1) is 29.2. The van der Waals surface area contributed by atoms with Crippen LogP contribution in [0.15, 0.2) is 23.1 Å². The smallest absolute Gasteiger partial charge is 0.00718 e. The molecule has 1 aromatic carbocycles. The molecule has 0 amide bonds. The molecule has 1 rings (SSSR count). The van der Waals surface area contributed by atoms with Crippen LogP contribution in [0.4, 0.5) is 23.5 Å². The van der Waals surface area contributed by atoms with Crippen molar-refractivity contribution >= 4 is 12.6 Å². The summed E-state index contributed by atoms with van der Waals surface area (Å²) in [5.41, 5.74) is 2.59. The zero-order chi connectivity index (χ0) is 6.85. The SMILES string of the molecule is Cc1cccc(S)c1C.F.F.F.F.F. The molecule has 0 spiro atoms.